The second-order valence-corrected chi connectivity index (χ2v) is 22.5. The van der Waals surface area contributed by atoms with Gasteiger partial charge in [-0.2, -0.15) is 0 Å². The zero-order chi connectivity index (χ0) is 49.6. The molecule has 4 fully saturated rings. The molecule has 404 valence electrons. The molecule has 0 amide bonds. The van der Waals surface area contributed by atoms with Gasteiger partial charge in [-0.05, 0) is 113 Å². The Hall–Kier alpha value is 0.960. The molecule has 8 atom stereocenters. The second kappa shape index (κ2) is 40.2. The normalized spacial score (nSPS) is 25.0. The second-order valence-electron chi connectivity index (χ2n) is 21.6. The summed E-state index contributed by atoms with van der Waals surface area (Å²) >= 11 is 2.46. The number of ether oxygens (including phenoxy) is 4. The number of halogens is 2. The molecule has 10 nitrogen and oxygen atoms in total. The third-order valence-electron chi connectivity index (χ3n) is 16.0. The fourth-order valence-corrected chi connectivity index (χ4v) is 12.5. The fourth-order valence-electron chi connectivity index (χ4n) is 11.6. The molecule has 0 aromatic carbocycles. The van der Waals surface area contributed by atoms with Gasteiger partial charge in [0.2, 0.25) is 0 Å². The van der Waals surface area contributed by atoms with Crippen LogP contribution in [0.5, 0.6) is 0 Å². The largest absolute Gasteiger partial charge is 1.00 e. The molecule has 13 heteroatoms. The zero-order valence-corrected chi connectivity index (χ0v) is 51.9. The van der Waals surface area contributed by atoms with Crippen molar-refractivity contribution in [3.63, 3.8) is 0 Å². The number of hydrogen-bond donors (Lipinski definition) is 2. The topological polar surface area (TPSA) is 130 Å². The molecule has 2 unspecified atom stereocenters. The summed E-state index contributed by atoms with van der Waals surface area (Å²) in [4.78, 5) is 34.9. The Labute approximate surface area is 480 Å². The molecule has 2 saturated carbocycles. The van der Waals surface area contributed by atoms with Crippen molar-refractivity contribution >= 4 is 34.2 Å². The predicted molar refractivity (Wildman–Crippen MR) is 284 cm³/mol. The number of ketones is 2. The number of allylic oxidation sites excluding steroid dienone is 4. The Morgan fingerprint density at radius 3 is 1.33 bits per heavy atom. The zero-order valence-electron chi connectivity index (χ0n) is 45.6. The number of rotatable bonds is 36. The molecule has 0 bridgehead atoms. The van der Waals surface area contributed by atoms with Gasteiger partial charge in [-0.15, -0.1) is 0 Å². The standard InChI is InChI=1S/C29H52O5.C28H49IO5.HI.Na/c1-5-7-8-11-14-18-29(32-20-21-33-29)19-17-25-24(6-2)22-27(30)26(25)15-12-9-10-13-16-28(34-31)23(3)4;1-4-5-6-9-12-16-28(32-18-19-33-28)17-15-24-23(21-29)20-26(30)25(24)13-10-7-8-11-14-27(34-31)22(2)3;;/h9,12,23-26,28,31H,5-8,10-11,13-22H2,1-4H3;7,10,22-25,27,31H,4-6,8-9,11-21H2,1-3H3;1H;/q;;;+1/p-1/t24-,25+,26-,28?;23-,24-,25+,27?;;/m10../s1. The summed E-state index contributed by atoms with van der Waals surface area (Å²) in [6.45, 7) is 17.7. The maximum atomic E-state index is 12.9. The van der Waals surface area contributed by atoms with Crippen molar-refractivity contribution in [1.82, 2.24) is 0 Å². The van der Waals surface area contributed by atoms with E-state index in [0.717, 1.165) is 126 Å². The number of alkyl halides is 1. The quantitative estimate of drug-likeness (QED) is 0.0119. The number of unbranched alkanes of at least 4 members (excludes halogenated alkanes) is 10. The summed E-state index contributed by atoms with van der Waals surface area (Å²) in [5.41, 5.74) is 0. The van der Waals surface area contributed by atoms with Gasteiger partial charge >= 0.3 is 29.6 Å². The summed E-state index contributed by atoms with van der Waals surface area (Å²) in [6, 6.07) is 0. The van der Waals surface area contributed by atoms with Crippen LogP contribution in [0.25, 0.3) is 0 Å². The molecule has 0 aromatic heterocycles. The monoisotopic (exact) mass is 1220 g/mol. The van der Waals surface area contributed by atoms with E-state index in [1.165, 1.54) is 51.4 Å². The van der Waals surface area contributed by atoms with E-state index in [4.69, 9.17) is 29.5 Å². The SMILES string of the molecule is CCCCCCCC1(CC[C@H]2[C@H](CC)CC(=O)[C@@H]2CC=CCCCC(OO)C(C)C)OCCO1.CCCCCCCC1(CC[C@H]2[C@H](CI)CC(=O)[C@@H]2CC=CCCCC(OO)C(C)C)OCCO1.[I-].[Na+]. The Morgan fingerprint density at radius 2 is 0.971 bits per heavy atom. The van der Waals surface area contributed by atoms with Crippen LogP contribution >= 0.6 is 22.6 Å². The Balaban J connectivity index is 0.000000681. The van der Waals surface area contributed by atoms with Crippen molar-refractivity contribution in [1.29, 1.82) is 0 Å². The average Bonchev–Trinajstić information content (AvgIpc) is 4.13. The van der Waals surface area contributed by atoms with E-state index in [1.807, 2.05) is 0 Å². The molecule has 70 heavy (non-hydrogen) atoms. The van der Waals surface area contributed by atoms with E-state index in [-0.39, 0.29) is 77.6 Å². The summed E-state index contributed by atoms with van der Waals surface area (Å²) in [5, 5.41) is 18.0. The molecule has 4 aliphatic rings. The first kappa shape index (κ1) is 69.0. The summed E-state index contributed by atoms with van der Waals surface area (Å²) in [6.07, 6.45) is 36.7. The average molecular weight is 1220 g/mol. The molecular weight excluding hydrogens is 1120 g/mol. The Bertz CT molecular complexity index is 1280. The molecule has 2 aliphatic carbocycles. The van der Waals surface area contributed by atoms with Crippen LogP contribution in [0, 0.1) is 47.3 Å². The van der Waals surface area contributed by atoms with Crippen LogP contribution in [0.1, 0.15) is 222 Å². The van der Waals surface area contributed by atoms with Crippen molar-refractivity contribution in [2.75, 3.05) is 30.9 Å². The van der Waals surface area contributed by atoms with E-state index < -0.39 is 11.6 Å². The molecule has 2 saturated heterocycles. The Morgan fingerprint density at radius 1 is 0.586 bits per heavy atom. The van der Waals surface area contributed by atoms with E-state index in [0.29, 0.717) is 73.5 Å². The van der Waals surface area contributed by atoms with Crippen molar-refractivity contribution < 1.29 is 102 Å². The van der Waals surface area contributed by atoms with Gasteiger partial charge in [0.1, 0.15) is 11.6 Å². The first-order valence-corrected chi connectivity index (χ1v) is 29.5. The molecule has 4 rings (SSSR count). The van der Waals surface area contributed by atoms with Crippen molar-refractivity contribution in [2.45, 2.75) is 246 Å². The minimum atomic E-state index is -0.421. The minimum absolute atomic E-state index is 0. The fraction of sp³-hybridized carbons (Fsp3) is 0.895. The van der Waals surface area contributed by atoms with Crippen LogP contribution in [0.15, 0.2) is 24.3 Å². The van der Waals surface area contributed by atoms with Crippen LogP contribution in [-0.2, 0) is 38.3 Å². The van der Waals surface area contributed by atoms with Crippen LogP contribution < -0.4 is 53.5 Å². The van der Waals surface area contributed by atoms with Crippen molar-refractivity contribution in [3.8, 4) is 0 Å². The van der Waals surface area contributed by atoms with Gasteiger partial charge in [0, 0.05) is 54.8 Å². The summed E-state index contributed by atoms with van der Waals surface area (Å²) in [7, 11) is 0. The molecule has 2 N–H and O–H groups in total. The number of carbonyl (C=O) groups is 2. The van der Waals surface area contributed by atoms with Gasteiger partial charge in [0.05, 0.1) is 38.6 Å². The van der Waals surface area contributed by atoms with Gasteiger partial charge in [-0.25, -0.2) is 9.78 Å². The van der Waals surface area contributed by atoms with Gasteiger partial charge in [0.25, 0.3) is 0 Å². The van der Waals surface area contributed by atoms with Crippen molar-refractivity contribution in [3.05, 3.63) is 24.3 Å². The molecule has 2 heterocycles. The van der Waals surface area contributed by atoms with E-state index >= 15 is 0 Å². The van der Waals surface area contributed by atoms with E-state index in [2.05, 4.69) is 105 Å². The van der Waals surface area contributed by atoms with Crippen LogP contribution in [0.3, 0.4) is 0 Å². The summed E-state index contributed by atoms with van der Waals surface area (Å²) in [5.74, 6) is 2.74. The predicted octanol–water partition coefficient (Wildman–Crippen LogP) is 9.50. The smallest absolute Gasteiger partial charge is 1.00 e. The van der Waals surface area contributed by atoms with Gasteiger partial charge in [0.15, 0.2) is 11.6 Å². The molecule has 0 spiro atoms. The molecule has 0 aromatic rings. The molecular formula is C57H101I2NaO10. The van der Waals surface area contributed by atoms with Crippen LogP contribution in [0.2, 0.25) is 0 Å². The molecule has 0 radical (unpaired) electrons. The van der Waals surface area contributed by atoms with Crippen molar-refractivity contribution in [2.24, 2.45) is 47.3 Å². The van der Waals surface area contributed by atoms with Crippen LogP contribution in [-0.4, -0.2) is 76.7 Å². The maximum Gasteiger partial charge on any atom is 1.00 e. The maximum absolute atomic E-state index is 12.9. The number of carbonyl (C=O) groups excluding carboxylic acids is 2. The molecule has 2 aliphatic heterocycles. The number of Topliss-reactive ketones (excluding diaryl/α,β-unsaturated/α-hetero) is 2. The third kappa shape index (κ3) is 25.0. The third-order valence-corrected chi connectivity index (χ3v) is 17.1. The van der Waals surface area contributed by atoms with E-state index in [1.54, 1.807) is 0 Å². The first-order chi connectivity index (χ1) is 32.9. The van der Waals surface area contributed by atoms with Crippen LogP contribution in [0.4, 0.5) is 0 Å². The van der Waals surface area contributed by atoms with Gasteiger partial charge in [-0.3, -0.25) is 20.1 Å². The summed E-state index contributed by atoms with van der Waals surface area (Å²) < 4.78 is 25.7. The minimum Gasteiger partial charge on any atom is -1.00 e. The van der Waals surface area contributed by atoms with Gasteiger partial charge in [-0.1, -0.05) is 153 Å². The number of hydrogen-bond acceptors (Lipinski definition) is 10. The van der Waals surface area contributed by atoms with Gasteiger partial charge < -0.3 is 42.9 Å². The van der Waals surface area contributed by atoms with E-state index in [9.17, 15) is 9.59 Å². The first-order valence-electron chi connectivity index (χ1n) is 28.0. The Kier molecular flexibility index (Phi) is 39.6.